The molecule has 3 aromatic rings. The molecule has 2 atom stereocenters. The van der Waals surface area contributed by atoms with Crippen molar-refractivity contribution in [2.24, 2.45) is 5.92 Å². The van der Waals surface area contributed by atoms with Gasteiger partial charge in [-0.15, -0.1) is 0 Å². The second-order valence-electron chi connectivity index (χ2n) is 7.85. The van der Waals surface area contributed by atoms with Gasteiger partial charge in [0, 0.05) is 37.8 Å². The lowest BCUT2D eigenvalue weighted by Crippen LogP contribution is -2.20. The first-order valence-corrected chi connectivity index (χ1v) is 11.1. The Morgan fingerprint density at radius 2 is 1.87 bits per heavy atom. The third-order valence-corrected chi connectivity index (χ3v) is 6.48. The summed E-state index contributed by atoms with van der Waals surface area (Å²) >= 11 is 12.5. The van der Waals surface area contributed by atoms with Gasteiger partial charge in [-0.05, 0) is 41.7 Å². The Bertz CT molecular complexity index is 1050. The highest BCUT2D eigenvalue weighted by Gasteiger charge is 2.33. The van der Waals surface area contributed by atoms with Crippen LogP contribution in [0.1, 0.15) is 29.0 Å². The average Bonchev–Trinajstić information content (AvgIpc) is 3.19. The van der Waals surface area contributed by atoms with E-state index in [1.54, 1.807) is 12.1 Å². The van der Waals surface area contributed by atoms with Crippen molar-refractivity contribution in [1.29, 1.82) is 5.26 Å². The largest absolute Gasteiger partial charge is 0.478 e. The number of benzene rings is 2. The van der Waals surface area contributed by atoms with Gasteiger partial charge in [0.1, 0.15) is 6.07 Å². The highest BCUT2D eigenvalue weighted by molar-refractivity contribution is 6.42. The van der Waals surface area contributed by atoms with Gasteiger partial charge in [-0.2, -0.15) is 5.26 Å². The summed E-state index contributed by atoms with van der Waals surface area (Å²) < 4.78 is 5.86. The van der Waals surface area contributed by atoms with E-state index in [-0.39, 0.29) is 0 Å². The van der Waals surface area contributed by atoms with Crippen LogP contribution in [-0.2, 0) is 6.54 Å². The molecular formula is C25H23Cl2N3O. The molecule has 1 saturated heterocycles. The first-order valence-electron chi connectivity index (χ1n) is 10.3. The number of halogens is 2. The minimum Gasteiger partial charge on any atom is -0.478 e. The van der Waals surface area contributed by atoms with E-state index in [9.17, 15) is 0 Å². The molecule has 1 aliphatic heterocycles. The lowest BCUT2D eigenvalue weighted by Gasteiger charge is -2.19. The number of hydrogen-bond donors (Lipinski definition) is 0. The van der Waals surface area contributed by atoms with Crippen LogP contribution in [0.2, 0.25) is 10.0 Å². The Hall–Kier alpha value is -2.58. The number of pyridine rings is 1. The van der Waals surface area contributed by atoms with Crippen molar-refractivity contribution in [2.75, 3.05) is 19.7 Å². The molecule has 31 heavy (non-hydrogen) atoms. The molecule has 0 bridgehead atoms. The Kier molecular flexibility index (Phi) is 7.09. The zero-order chi connectivity index (χ0) is 21.6. The molecule has 2 unspecified atom stereocenters. The van der Waals surface area contributed by atoms with Crippen molar-refractivity contribution in [3.05, 3.63) is 93.6 Å². The second kappa shape index (κ2) is 10.2. The normalized spacial score (nSPS) is 18.6. The van der Waals surface area contributed by atoms with Gasteiger partial charge >= 0.3 is 0 Å². The SMILES string of the molecule is N#Cc1ccc(OCCC2CN(Cc3ccccc3)CC2c2ccc(Cl)c(Cl)c2)nc1. The molecule has 2 heterocycles. The highest BCUT2D eigenvalue weighted by atomic mass is 35.5. The van der Waals surface area contributed by atoms with Crippen LogP contribution in [0.25, 0.3) is 0 Å². The summed E-state index contributed by atoms with van der Waals surface area (Å²) in [4.78, 5) is 6.69. The number of likely N-dealkylation sites (tertiary alicyclic amines) is 1. The van der Waals surface area contributed by atoms with Gasteiger partial charge in [0.25, 0.3) is 0 Å². The van der Waals surface area contributed by atoms with Gasteiger partial charge in [0.2, 0.25) is 5.88 Å². The number of aromatic nitrogens is 1. The van der Waals surface area contributed by atoms with E-state index in [0.717, 1.165) is 26.1 Å². The first-order chi connectivity index (χ1) is 15.1. The van der Waals surface area contributed by atoms with Gasteiger partial charge in [0.15, 0.2) is 0 Å². The maximum atomic E-state index is 8.90. The maximum Gasteiger partial charge on any atom is 0.213 e. The summed E-state index contributed by atoms with van der Waals surface area (Å²) in [5.41, 5.74) is 3.06. The molecule has 0 N–H and O–H groups in total. The predicted octanol–water partition coefficient (Wildman–Crippen LogP) is 5.94. The summed E-state index contributed by atoms with van der Waals surface area (Å²) in [5.74, 6) is 1.33. The first kappa shape index (κ1) is 21.6. The van der Waals surface area contributed by atoms with Gasteiger partial charge in [0.05, 0.1) is 22.2 Å². The Morgan fingerprint density at radius 1 is 1.03 bits per heavy atom. The third kappa shape index (κ3) is 5.57. The molecule has 1 aliphatic rings. The Labute approximate surface area is 193 Å². The smallest absolute Gasteiger partial charge is 0.213 e. The fourth-order valence-electron chi connectivity index (χ4n) is 4.19. The van der Waals surface area contributed by atoms with Crippen LogP contribution in [0, 0.1) is 17.2 Å². The van der Waals surface area contributed by atoms with E-state index in [0.29, 0.717) is 39.9 Å². The zero-order valence-corrected chi connectivity index (χ0v) is 18.6. The molecule has 4 nitrogen and oxygen atoms in total. The minimum atomic E-state index is 0.357. The average molecular weight is 452 g/mol. The molecule has 1 fully saturated rings. The van der Waals surface area contributed by atoms with E-state index in [1.807, 2.05) is 18.2 Å². The van der Waals surface area contributed by atoms with Gasteiger partial charge in [-0.3, -0.25) is 4.90 Å². The van der Waals surface area contributed by atoms with Gasteiger partial charge < -0.3 is 4.74 Å². The van der Waals surface area contributed by atoms with Crippen molar-refractivity contribution >= 4 is 23.2 Å². The molecular weight excluding hydrogens is 429 g/mol. The lowest BCUT2D eigenvalue weighted by molar-refractivity contribution is 0.256. The molecule has 1 aromatic heterocycles. The molecule has 0 saturated carbocycles. The minimum absolute atomic E-state index is 0.357. The van der Waals surface area contributed by atoms with Crippen LogP contribution >= 0.6 is 23.2 Å². The van der Waals surface area contributed by atoms with Crippen LogP contribution in [0.4, 0.5) is 0 Å². The van der Waals surface area contributed by atoms with Crippen molar-refractivity contribution < 1.29 is 4.74 Å². The van der Waals surface area contributed by atoms with Crippen LogP contribution in [0.5, 0.6) is 5.88 Å². The highest BCUT2D eigenvalue weighted by Crippen LogP contribution is 2.37. The van der Waals surface area contributed by atoms with Crippen LogP contribution in [-0.4, -0.2) is 29.6 Å². The number of nitrogens with zero attached hydrogens (tertiary/aromatic N) is 3. The summed E-state index contributed by atoms with van der Waals surface area (Å²) in [6.07, 6.45) is 2.43. The van der Waals surface area contributed by atoms with E-state index in [1.165, 1.54) is 17.3 Å². The number of ether oxygens (including phenoxy) is 1. The topological polar surface area (TPSA) is 49.1 Å². The standard InChI is InChI=1S/C25H23Cl2N3O/c26-23-8-7-20(12-24(23)27)22-17-30(15-18-4-2-1-3-5-18)16-21(22)10-11-31-25-9-6-19(13-28)14-29-25/h1-9,12,14,21-22H,10-11,15-17H2. The molecule has 0 radical (unpaired) electrons. The molecule has 4 rings (SSSR count). The van der Waals surface area contributed by atoms with Crippen molar-refractivity contribution in [3.63, 3.8) is 0 Å². The summed E-state index contributed by atoms with van der Waals surface area (Å²) in [6, 6.07) is 22.0. The van der Waals surface area contributed by atoms with Crippen molar-refractivity contribution in [3.8, 4) is 11.9 Å². The number of rotatable bonds is 7. The Balaban J connectivity index is 1.44. The van der Waals surface area contributed by atoms with Crippen LogP contribution in [0.15, 0.2) is 66.9 Å². The Morgan fingerprint density at radius 3 is 2.58 bits per heavy atom. The van der Waals surface area contributed by atoms with E-state index in [4.69, 9.17) is 33.2 Å². The fraction of sp³-hybridized carbons (Fsp3) is 0.280. The maximum absolute atomic E-state index is 8.90. The summed E-state index contributed by atoms with van der Waals surface area (Å²) in [6.45, 7) is 3.45. The lowest BCUT2D eigenvalue weighted by atomic mass is 9.87. The van der Waals surface area contributed by atoms with Gasteiger partial charge in [-0.1, -0.05) is 59.6 Å². The zero-order valence-electron chi connectivity index (χ0n) is 17.0. The fourth-order valence-corrected chi connectivity index (χ4v) is 4.50. The molecule has 0 spiro atoms. The number of nitriles is 1. The molecule has 2 aromatic carbocycles. The monoisotopic (exact) mass is 451 g/mol. The summed E-state index contributed by atoms with van der Waals surface area (Å²) in [5, 5.41) is 10.1. The van der Waals surface area contributed by atoms with Gasteiger partial charge in [-0.25, -0.2) is 4.98 Å². The van der Waals surface area contributed by atoms with Crippen molar-refractivity contribution in [1.82, 2.24) is 9.88 Å². The predicted molar refractivity (Wildman–Crippen MR) is 123 cm³/mol. The molecule has 6 heteroatoms. The third-order valence-electron chi connectivity index (χ3n) is 5.74. The van der Waals surface area contributed by atoms with Crippen molar-refractivity contribution in [2.45, 2.75) is 18.9 Å². The summed E-state index contributed by atoms with van der Waals surface area (Å²) in [7, 11) is 0. The molecule has 158 valence electrons. The molecule has 0 amide bonds. The van der Waals surface area contributed by atoms with E-state index in [2.05, 4.69) is 46.3 Å². The molecule has 0 aliphatic carbocycles. The quantitative estimate of drug-likeness (QED) is 0.445. The van der Waals surface area contributed by atoms with Crippen LogP contribution < -0.4 is 4.74 Å². The number of hydrogen-bond acceptors (Lipinski definition) is 4. The van der Waals surface area contributed by atoms with E-state index < -0.39 is 0 Å². The van der Waals surface area contributed by atoms with E-state index >= 15 is 0 Å². The van der Waals surface area contributed by atoms with Crippen LogP contribution in [0.3, 0.4) is 0 Å². The second-order valence-corrected chi connectivity index (χ2v) is 8.67.